The molecule has 0 aliphatic carbocycles. The highest BCUT2D eigenvalue weighted by Crippen LogP contribution is 2.28. The van der Waals surface area contributed by atoms with E-state index < -0.39 is 28.8 Å². The van der Waals surface area contributed by atoms with Crippen LogP contribution in [0, 0.1) is 23.3 Å². The average molecular weight is 345 g/mol. The Morgan fingerprint density at radius 2 is 1.55 bits per heavy atom. The molecule has 0 amide bonds. The fraction of sp³-hybridized carbons (Fsp3) is 0. The highest BCUT2D eigenvalue weighted by molar-refractivity contribution is 9.10. The number of hydrogen-bond donors (Lipinski definition) is 1. The van der Waals surface area contributed by atoms with Crippen molar-refractivity contribution in [3.63, 3.8) is 0 Å². The monoisotopic (exact) mass is 344 g/mol. The summed E-state index contributed by atoms with van der Waals surface area (Å²) in [7, 11) is 0. The number of fused-ring (bicyclic) bond motifs is 1. The van der Waals surface area contributed by atoms with E-state index in [1.165, 1.54) is 6.07 Å². The summed E-state index contributed by atoms with van der Waals surface area (Å²) in [5.74, 6) is -3.85. The van der Waals surface area contributed by atoms with Crippen LogP contribution in [0.4, 0.5) is 17.6 Å². The van der Waals surface area contributed by atoms with Gasteiger partial charge in [-0.25, -0.2) is 22.5 Å². The molecule has 0 bridgehead atoms. The SMILES string of the molecule is Fc1cc(F)c(-c2nc3cc(Br)c(F)cc3[nH]2)c(F)c1. The average Bonchev–Trinajstić information content (AvgIpc) is 2.70. The van der Waals surface area contributed by atoms with Gasteiger partial charge in [0.2, 0.25) is 0 Å². The summed E-state index contributed by atoms with van der Waals surface area (Å²) in [6.07, 6.45) is 0. The molecule has 3 rings (SSSR count). The molecular formula is C13H5BrF4N2. The van der Waals surface area contributed by atoms with Gasteiger partial charge < -0.3 is 4.98 Å². The first-order valence-corrected chi connectivity index (χ1v) is 6.24. The van der Waals surface area contributed by atoms with Gasteiger partial charge in [0.15, 0.2) is 0 Å². The van der Waals surface area contributed by atoms with Crippen LogP contribution >= 0.6 is 15.9 Å². The Morgan fingerprint density at radius 1 is 0.900 bits per heavy atom. The lowest BCUT2D eigenvalue weighted by molar-refractivity contribution is 0.547. The van der Waals surface area contributed by atoms with E-state index in [2.05, 4.69) is 25.9 Å². The summed E-state index contributed by atoms with van der Waals surface area (Å²) in [5, 5.41) is 0. The van der Waals surface area contributed by atoms with E-state index in [4.69, 9.17) is 0 Å². The summed E-state index contributed by atoms with van der Waals surface area (Å²) < 4.78 is 53.8. The zero-order chi connectivity index (χ0) is 14.4. The molecule has 0 saturated heterocycles. The summed E-state index contributed by atoms with van der Waals surface area (Å²) in [6.45, 7) is 0. The van der Waals surface area contributed by atoms with Crippen molar-refractivity contribution < 1.29 is 17.6 Å². The molecule has 3 aromatic rings. The Bertz CT molecular complexity index is 767. The molecule has 0 aliphatic rings. The number of nitrogens with one attached hydrogen (secondary N) is 1. The maximum Gasteiger partial charge on any atom is 0.144 e. The van der Waals surface area contributed by atoms with Gasteiger partial charge in [-0.1, -0.05) is 0 Å². The van der Waals surface area contributed by atoms with Crippen LogP contribution in [0.25, 0.3) is 22.4 Å². The number of rotatable bonds is 1. The molecule has 1 aromatic heterocycles. The summed E-state index contributed by atoms with van der Waals surface area (Å²) >= 11 is 2.99. The van der Waals surface area contributed by atoms with Gasteiger partial charge in [-0.2, -0.15) is 0 Å². The predicted molar refractivity (Wildman–Crippen MR) is 69.1 cm³/mol. The number of H-pyrrole nitrogens is 1. The number of aromatic amines is 1. The van der Waals surface area contributed by atoms with Crippen LogP contribution in [-0.2, 0) is 0 Å². The van der Waals surface area contributed by atoms with Crippen LogP contribution in [-0.4, -0.2) is 9.97 Å². The first kappa shape index (κ1) is 13.1. The third-order valence-electron chi connectivity index (χ3n) is 2.77. The van der Waals surface area contributed by atoms with Gasteiger partial charge in [0, 0.05) is 18.2 Å². The van der Waals surface area contributed by atoms with Gasteiger partial charge in [0.05, 0.1) is 21.1 Å². The Hall–Kier alpha value is -1.89. The molecule has 1 heterocycles. The first-order valence-electron chi connectivity index (χ1n) is 5.45. The molecule has 0 saturated carbocycles. The quantitative estimate of drug-likeness (QED) is 0.644. The molecule has 0 fully saturated rings. The van der Waals surface area contributed by atoms with E-state index >= 15 is 0 Å². The smallest absolute Gasteiger partial charge is 0.144 e. The molecule has 0 atom stereocenters. The molecule has 102 valence electrons. The largest absolute Gasteiger partial charge is 0.338 e. The zero-order valence-electron chi connectivity index (χ0n) is 9.65. The van der Waals surface area contributed by atoms with Crippen LogP contribution in [0.5, 0.6) is 0 Å². The molecule has 0 aliphatic heterocycles. The van der Waals surface area contributed by atoms with Gasteiger partial charge in [-0.15, -0.1) is 0 Å². The normalized spacial score (nSPS) is 11.2. The number of imidazole rings is 1. The second kappa shape index (κ2) is 4.59. The highest BCUT2D eigenvalue weighted by Gasteiger charge is 2.17. The third-order valence-corrected chi connectivity index (χ3v) is 3.38. The minimum atomic E-state index is -1.08. The fourth-order valence-corrected chi connectivity index (χ4v) is 2.22. The van der Waals surface area contributed by atoms with Crippen LogP contribution in [0.15, 0.2) is 28.7 Å². The molecule has 7 heteroatoms. The molecule has 2 nitrogen and oxygen atoms in total. The lowest BCUT2D eigenvalue weighted by Crippen LogP contribution is -1.93. The van der Waals surface area contributed by atoms with E-state index in [1.54, 1.807) is 0 Å². The topological polar surface area (TPSA) is 28.7 Å². The van der Waals surface area contributed by atoms with Gasteiger partial charge in [0.1, 0.15) is 29.1 Å². The second-order valence-electron chi connectivity index (χ2n) is 4.11. The highest BCUT2D eigenvalue weighted by atomic mass is 79.9. The number of nitrogens with zero attached hydrogens (tertiary/aromatic N) is 1. The van der Waals surface area contributed by atoms with Gasteiger partial charge in [0.25, 0.3) is 0 Å². The third kappa shape index (κ3) is 2.07. The minimum Gasteiger partial charge on any atom is -0.338 e. The van der Waals surface area contributed by atoms with Crippen LogP contribution in [0.2, 0.25) is 0 Å². The van der Waals surface area contributed by atoms with Crippen molar-refractivity contribution in [3.8, 4) is 11.4 Å². The van der Waals surface area contributed by atoms with Crippen molar-refractivity contribution >= 4 is 27.0 Å². The zero-order valence-corrected chi connectivity index (χ0v) is 11.2. The Labute approximate surface area is 118 Å². The van der Waals surface area contributed by atoms with Crippen molar-refractivity contribution in [1.29, 1.82) is 0 Å². The summed E-state index contributed by atoms with van der Waals surface area (Å²) in [5.41, 5.74) is 0.124. The number of halogens is 5. The molecule has 2 aromatic carbocycles. The first-order chi connectivity index (χ1) is 9.45. The Balaban J connectivity index is 2.25. The Kier molecular flexibility index (Phi) is 3.01. The fourth-order valence-electron chi connectivity index (χ4n) is 1.89. The van der Waals surface area contributed by atoms with Crippen LogP contribution < -0.4 is 0 Å². The lowest BCUT2D eigenvalue weighted by atomic mass is 10.2. The molecule has 0 radical (unpaired) electrons. The maximum atomic E-state index is 13.7. The summed E-state index contributed by atoms with van der Waals surface area (Å²) in [4.78, 5) is 6.59. The van der Waals surface area contributed by atoms with Gasteiger partial charge in [-0.3, -0.25) is 0 Å². The van der Waals surface area contributed by atoms with E-state index in [-0.39, 0.29) is 15.8 Å². The molecule has 0 spiro atoms. The maximum absolute atomic E-state index is 13.7. The molecule has 20 heavy (non-hydrogen) atoms. The summed E-state index contributed by atoms with van der Waals surface area (Å²) in [6, 6.07) is 3.64. The second-order valence-corrected chi connectivity index (χ2v) is 4.97. The van der Waals surface area contributed by atoms with E-state index in [9.17, 15) is 17.6 Å². The van der Waals surface area contributed by atoms with Gasteiger partial charge in [-0.05, 0) is 22.0 Å². The number of benzene rings is 2. The molecule has 1 N–H and O–H groups in total. The van der Waals surface area contributed by atoms with E-state index in [0.717, 1.165) is 6.07 Å². The van der Waals surface area contributed by atoms with Crippen molar-refractivity contribution in [2.45, 2.75) is 0 Å². The van der Waals surface area contributed by atoms with Crippen LogP contribution in [0.1, 0.15) is 0 Å². The van der Waals surface area contributed by atoms with Crippen molar-refractivity contribution in [2.24, 2.45) is 0 Å². The number of aromatic nitrogens is 2. The van der Waals surface area contributed by atoms with E-state index in [1.807, 2.05) is 0 Å². The number of hydrogen-bond acceptors (Lipinski definition) is 1. The van der Waals surface area contributed by atoms with Gasteiger partial charge >= 0.3 is 0 Å². The standard InChI is InChI=1S/C13H5BrF4N2/c14-6-3-10-11(4-7(6)16)20-13(19-10)12-8(17)1-5(15)2-9(12)18/h1-4H,(H,19,20). The van der Waals surface area contributed by atoms with Crippen molar-refractivity contribution in [3.05, 3.63) is 52.0 Å². The van der Waals surface area contributed by atoms with Crippen LogP contribution in [0.3, 0.4) is 0 Å². The van der Waals surface area contributed by atoms with Crippen molar-refractivity contribution in [2.75, 3.05) is 0 Å². The lowest BCUT2D eigenvalue weighted by Gasteiger charge is -2.01. The molecular weight excluding hydrogens is 340 g/mol. The Morgan fingerprint density at radius 3 is 2.20 bits per heavy atom. The van der Waals surface area contributed by atoms with Crippen molar-refractivity contribution in [1.82, 2.24) is 9.97 Å². The van der Waals surface area contributed by atoms with E-state index in [0.29, 0.717) is 17.6 Å². The predicted octanol–water partition coefficient (Wildman–Crippen LogP) is 4.55. The minimum absolute atomic E-state index is 0.132. The molecule has 0 unspecified atom stereocenters.